The van der Waals surface area contributed by atoms with Crippen LogP contribution in [0, 0.1) is 12.7 Å². The predicted octanol–water partition coefficient (Wildman–Crippen LogP) is 3.66. The predicted molar refractivity (Wildman–Crippen MR) is 109 cm³/mol. The summed E-state index contributed by atoms with van der Waals surface area (Å²) in [4.78, 5) is 27.0. The van der Waals surface area contributed by atoms with E-state index >= 15 is 0 Å². The third-order valence-corrected chi connectivity index (χ3v) is 4.80. The molecule has 6 heteroatoms. The van der Waals surface area contributed by atoms with Crippen LogP contribution in [0.25, 0.3) is 0 Å². The maximum atomic E-state index is 13.7. The Hall–Kier alpha value is -2.89. The summed E-state index contributed by atoms with van der Waals surface area (Å²) < 4.78 is 13.7. The molecular weight excluding hydrogens is 357 g/mol. The second-order valence-electron chi connectivity index (χ2n) is 7.47. The average molecular weight is 383 g/mol. The van der Waals surface area contributed by atoms with Gasteiger partial charge in [0.2, 0.25) is 5.91 Å². The molecular formula is C22H26FN3O2. The number of carbonyl (C=O) groups excluding carboxylic acids is 2. The molecule has 0 radical (unpaired) electrons. The van der Waals surface area contributed by atoms with Crippen molar-refractivity contribution in [2.24, 2.45) is 0 Å². The number of anilines is 2. The molecule has 0 fully saturated rings. The van der Waals surface area contributed by atoms with Gasteiger partial charge in [-0.05, 0) is 69.0 Å². The molecule has 0 spiro atoms. The first-order chi connectivity index (χ1) is 13.3. The first-order valence-corrected chi connectivity index (χ1v) is 9.59. The van der Waals surface area contributed by atoms with Gasteiger partial charge in [0.1, 0.15) is 5.82 Å². The number of fused-ring (bicyclic) bond motifs is 1. The lowest BCUT2D eigenvalue weighted by molar-refractivity contribution is -0.115. The molecule has 5 nitrogen and oxygen atoms in total. The van der Waals surface area contributed by atoms with Gasteiger partial charge in [-0.3, -0.25) is 9.59 Å². The van der Waals surface area contributed by atoms with Crippen molar-refractivity contribution in [3.8, 4) is 0 Å². The molecule has 0 unspecified atom stereocenters. The van der Waals surface area contributed by atoms with Crippen LogP contribution in [0.2, 0.25) is 0 Å². The second kappa shape index (κ2) is 8.42. The van der Waals surface area contributed by atoms with Crippen LogP contribution in [0.1, 0.15) is 41.8 Å². The molecule has 1 heterocycles. The fourth-order valence-electron chi connectivity index (χ4n) is 3.46. The normalized spacial score (nSPS) is 13.2. The zero-order valence-electron chi connectivity index (χ0n) is 16.5. The largest absolute Gasteiger partial charge is 0.362 e. The maximum absolute atomic E-state index is 13.7. The third kappa shape index (κ3) is 4.50. The molecule has 0 saturated heterocycles. The number of amides is 2. The molecule has 2 N–H and O–H groups in total. The zero-order chi connectivity index (χ0) is 20.3. The van der Waals surface area contributed by atoms with E-state index in [1.165, 1.54) is 6.07 Å². The molecule has 2 amide bonds. The molecule has 0 bridgehead atoms. The van der Waals surface area contributed by atoms with E-state index in [4.69, 9.17) is 0 Å². The first kappa shape index (κ1) is 19.9. The SMILES string of the molecule is Cc1ccc(NC(=O)CN2CCCc3c(C(=O)NC(C)C)cccc32)cc1F. The summed E-state index contributed by atoms with van der Waals surface area (Å²) in [6.45, 7) is 6.42. The Bertz CT molecular complexity index is 895. The highest BCUT2D eigenvalue weighted by atomic mass is 19.1. The monoisotopic (exact) mass is 383 g/mol. The summed E-state index contributed by atoms with van der Waals surface area (Å²) in [7, 11) is 0. The summed E-state index contributed by atoms with van der Waals surface area (Å²) in [6.07, 6.45) is 1.67. The highest BCUT2D eigenvalue weighted by Crippen LogP contribution is 2.30. The second-order valence-corrected chi connectivity index (χ2v) is 7.47. The molecule has 148 valence electrons. The van der Waals surface area contributed by atoms with E-state index < -0.39 is 0 Å². The Morgan fingerprint density at radius 2 is 2.00 bits per heavy atom. The van der Waals surface area contributed by atoms with Crippen molar-refractivity contribution in [1.29, 1.82) is 0 Å². The number of nitrogens with zero attached hydrogens (tertiary/aromatic N) is 1. The Labute approximate surface area is 164 Å². The van der Waals surface area contributed by atoms with Gasteiger partial charge in [0.15, 0.2) is 0 Å². The molecule has 2 aromatic carbocycles. The van der Waals surface area contributed by atoms with Crippen LogP contribution in [-0.4, -0.2) is 30.9 Å². The van der Waals surface area contributed by atoms with Crippen LogP contribution >= 0.6 is 0 Å². The zero-order valence-corrected chi connectivity index (χ0v) is 16.5. The lowest BCUT2D eigenvalue weighted by Crippen LogP contribution is -2.38. The quantitative estimate of drug-likeness (QED) is 0.828. The van der Waals surface area contributed by atoms with Gasteiger partial charge in [0.25, 0.3) is 5.91 Å². The first-order valence-electron chi connectivity index (χ1n) is 9.59. The van der Waals surface area contributed by atoms with Crippen LogP contribution < -0.4 is 15.5 Å². The van der Waals surface area contributed by atoms with E-state index in [0.29, 0.717) is 16.8 Å². The van der Waals surface area contributed by atoms with Crippen LogP contribution in [-0.2, 0) is 11.2 Å². The number of hydrogen-bond acceptors (Lipinski definition) is 3. The summed E-state index contributed by atoms with van der Waals surface area (Å²) in [5.74, 6) is -0.650. The van der Waals surface area contributed by atoms with E-state index in [1.807, 2.05) is 36.9 Å². The molecule has 1 aliphatic heterocycles. The van der Waals surface area contributed by atoms with E-state index in [-0.39, 0.29) is 30.2 Å². The van der Waals surface area contributed by atoms with Crippen LogP contribution in [0.15, 0.2) is 36.4 Å². The number of benzene rings is 2. The topological polar surface area (TPSA) is 61.4 Å². The van der Waals surface area contributed by atoms with Gasteiger partial charge in [-0.15, -0.1) is 0 Å². The molecule has 28 heavy (non-hydrogen) atoms. The summed E-state index contributed by atoms with van der Waals surface area (Å²) in [6, 6.07) is 10.3. The molecule has 2 aromatic rings. The number of carbonyl (C=O) groups is 2. The maximum Gasteiger partial charge on any atom is 0.251 e. The molecule has 0 saturated carbocycles. The third-order valence-electron chi connectivity index (χ3n) is 4.80. The lowest BCUT2D eigenvalue weighted by Gasteiger charge is -2.32. The number of halogens is 1. The standard InChI is InChI=1S/C22H26FN3O2/c1-14(2)24-22(28)18-6-4-8-20-17(18)7-5-11-26(20)13-21(27)25-16-10-9-15(3)19(23)12-16/h4,6,8-10,12,14H,5,7,11,13H2,1-3H3,(H,24,28)(H,25,27). The van der Waals surface area contributed by atoms with Gasteiger partial charge >= 0.3 is 0 Å². The molecule has 1 aliphatic rings. The molecule has 0 aromatic heterocycles. The number of rotatable bonds is 5. The van der Waals surface area contributed by atoms with Crippen molar-refractivity contribution < 1.29 is 14.0 Å². The van der Waals surface area contributed by atoms with Gasteiger partial charge in [0, 0.05) is 29.5 Å². The fraction of sp³-hybridized carbons (Fsp3) is 0.364. The lowest BCUT2D eigenvalue weighted by atomic mass is 9.95. The van der Waals surface area contributed by atoms with Crippen molar-refractivity contribution in [3.05, 3.63) is 58.9 Å². The molecule has 0 aliphatic carbocycles. The van der Waals surface area contributed by atoms with Gasteiger partial charge in [-0.2, -0.15) is 0 Å². The van der Waals surface area contributed by atoms with Crippen LogP contribution in [0.5, 0.6) is 0 Å². The minimum atomic E-state index is -0.345. The Balaban J connectivity index is 1.75. The van der Waals surface area contributed by atoms with Gasteiger partial charge in [0.05, 0.1) is 6.54 Å². The minimum Gasteiger partial charge on any atom is -0.362 e. The number of nitrogens with one attached hydrogen (secondary N) is 2. The van der Waals surface area contributed by atoms with E-state index in [2.05, 4.69) is 10.6 Å². The fourth-order valence-corrected chi connectivity index (χ4v) is 3.46. The Morgan fingerprint density at radius 1 is 1.21 bits per heavy atom. The molecule has 3 rings (SSSR count). The van der Waals surface area contributed by atoms with Crippen molar-refractivity contribution in [1.82, 2.24) is 5.32 Å². The average Bonchev–Trinajstić information content (AvgIpc) is 2.64. The van der Waals surface area contributed by atoms with Crippen molar-refractivity contribution in [2.45, 2.75) is 39.7 Å². The van der Waals surface area contributed by atoms with Gasteiger partial charge in [-0.25, -0.2) is 4.39 Å². The van der Waals surface area contributed by atoms with Crippen molar-refractivity contribution >= 4 is 23.2 Å². The van der Waals surface area contributed by atoms with Crippen molar-refractivity contribution in [2.75, 3.05) is 23.3 Å². The van der Waals surface area contributed by atoms with E-state index in [0.717, 1.165) is 30.6 Å². The number of aryl methyl sites for hydroxylation is 1. The summed E-state index contributed by atoms with van der Waals surface area (Å²) in [5, 5.41) is 5.69. The highest BCUT2D eigenvalue weighted by Gasteiger charge is 2.24. The van der Waals surface area contributed by atoms with Crippen LogP contribution in [0.4, 0.5) is 15.8 Å². The summed E-state index contributed by atoms with van der Waals surface area (Å²) >= 11 is 0. The highest BCUT2D eigenvalue weighted by molar-refractivity contribution is 5.98. The molecule has 0 atom stereocenters. The van der Waals surface area contributed by atoms with E-state index in [1.54, 1.807) is 19.1 Å². The Morgan fingerprint density at radius 3 is 2.71 bits per heavy atom. The number of hydrogen-bond donors (Lipinski definition) is 2. The smallest absolute Gasteiger partial charge is 0.251 e. The summed E-state index contributed by atoms with van der Waals surface area (Å²) in [5.41, 5.74) is 3.52. The van der Waals surface area contributed by atoms with E-state index in [9.17, 15) is 14.0 Å². The minimum absolute atomic E-state index is 0.0590. The Kier molecular flexibility index (Phi) is 5.97. The van der Waals surface area contributed by atoms with Gasteiger partial charge < -0.3 is 15.5 Å². The van der Waals surface area contributed by atoms with Crippen LogP contribution in [0.3, 0.4) is 0 Å². The van der Waals surface area contributed by atoms with Crippen molar-refractivity contribution in [3.63, 3.8) is 0 Å². The van der Waals surface area contributed by atoms with Gasteiger partial charge in [-0.1, -0.05) is 12.1 Å².